The summed E-state index contributed by atoms with van der Waals surface area (Å²) in [6, 6.07) is 18.9. The van der Waals surface area contributed by atoms with Crippen LogP contribution in [0.3, 0.4) is 0 Å². The van der Waals surface area contributed by atoms with Crippen molar-refractivity contribution in [3.63, 3.8) is 0 Å². The summed E-state index contributed by atoms with van der Waals surface area (Å²) in [5, 5.41) is 5.78. The number of amides is 1. The fraction of sp³-hybridized carbons (Fsp3) is 0.0435. The van der Waals surface area contributed by atoms with Crippen LogP contribution in [0, 0.1) is 5.82 Å². The first-order valence-corrected chi connectivity index (χ1v) is 9.87. The van der Waals surface area contributed by atoms with Gasteiger partial charge in [0.2, 0.25) is 0 Å². The number of rotatable bonds is 5. The highest BCUT2D eigenvalue weighted by Crippen LogP contribution is 2.22. The lowest BCUT2D eigenvalue weighted by Gasteiger charge is -2.05. The van der Waals surface area contributed by atoms with Crippen LogP contribution >= 0.6 is 23.2 Å². The summed E-state index contributed by atoms with van der Waals surface area (Å²) < 4.78 is 15.2. The quantitative estimate of drug-likeness (QED) is 0.305. The number of carbonyl (C=O) groups excluding carboxylic acids is 1. The fourth-order valence-electron chi connectivity index (χ4n) is 3.19. The summed E-state index contributed by atoms with van der Waals surface area (Å²) in [5.74, 6) is -0.691. The fourth-order valence-corrected chi connectivity index (χ4v) is 3.68. The normalized spacial score (nSPS) is 11.3. The zero-order chi connectivity index (χ0) is 21.1. The van der Waals surface area contributed by atoms with Gasteiger partial charge >= 0.3 is 0 Å². The van der Waals surface area contributed by atoms with Crippen molar-refractivity contribution in [1.29, 1.82) is 0 Å². The summed E-state index contributed by atoms with van der Waals surface area (Å²) in [7, 11) is 0. The van der Waals surface area contributed by atoms with E-state index in [1.165, 1.54) is 18.2 Å². The summed E-state index contributed by atoms with van der Waals surface area (Å²) in [4.78, 5) is 12.3. The zero-order valence-corrected chi connectivity index (χ0v) is 17.2. The Hall–Kier alpha value is -3.15. The van der Waals surface area contributed by atoms with E-state index in [-0.39, 0.29) is 16.4 Å². The van der Waals surface area contributed by atoms with Crippen molar-refractivity contribution in [3.8, 4) is 0 Å². The molecule has 7 heteroatoms. The SMILES string of the molecule is O=C(N/N=C/c1cn(Cc2ccc(F)cc2)c2ccccc12)c1ccc(Cl)cc1Cl. The molecule has 1 N–H and O–H groups in total. The number of nitrogens with zero attached hydrogens (tertiary/aromatic N) is 2. The van der Waals surface area contributed by atoms with Gasteiger partial charge < -0.3 is 4.57 Å². The Morgan fingerprint density at radius 1 is 1.07 bits per heavy atom. The van der Waals surface area contributed by atoms with Crippen molar-refractivity contribution >= 4 is 46.2 Å². The molecule has 0 atom stereocenters. The first-order chi connectivity index (χ1) is 14.5. The number of fused-ring (bicyclic) bond motifs is 1. The monoisotopic (exact) mass is 439 g/mol. The summed E-state index contributed by atoms with van der Waals surface area (Å²) in [6.07, 6.45) is 3.53. The largest absolute Gasteiger partial charge is 0.342 e. The van der Waals surface area contributed by atoms with Gasteiger partial charge in [0.15, 0.2) is 0 Å². The Kier molecular flexibility index (Phi) is 5.84. The second kappa shape index (κ2) is 8.69. The van der Waals surface area contributed by atoms with Crippen LogP contribution in [0.5, 0.6) is 0 Å². The molecule has 0 aliphatic heterocycles. The Morgan fingerprint density at radius 2 is 1.83 bits per heavy atom. The Morgan fingerprint density at radius 3 is 2.60 bits per heavy atom. The average molecular weight is 440 g/mol. The third-order valence-electron chi connectivity index (χ3n) is 4.63. The lowest BCUT2D eigenvalue weighted by molar-refractivity contribution is 0.0955. The van der Waals surface area contributed by atoms with Gasteiger partial charge in [0.1, 0.15) is 5.82 Å². The first kappa shape index (κ1) is 20.1. The topological polar surface area (TPSA) is 46.4 Å². The number of aromatic nitrogens is 1. The van der Waals surface area contributed by atoms with E-state index in [1.54, 1.807) is 30.5 Å². The number of carbonyl (C=O) groups is 1. The van der Waals surface area contributed by atoms with E-state index in [2.05, 4.69) is 15.1 Å². The lowest BCUT2D eigenvalue weighted by Crippen LogP contribution is -2.18. The molecule has 4 aromatic rings. The molecule has 4 rings (SSSR count). The predicted octanol–water partition coefficient (Wildman–Crippen LogP) is 5.90. The van der Waals surface area contributed by atoms with Crippen LogP contribution in [-0.2, 0) is 6.54 Å². The van der Waals surface area contributed by atoms with E-state index < -0.39 is 5.91 Å². The summed E-state index contributed by atoms with van der Waals surface area (Å²) >= 11 is 11.9. The highest BCUT2D eigenvalue weighted by molar-refractivity contribution is 6.36. The molecule has 0 radical (unpaired) electrons. The molecule has 0 bridgehead atoms. The van der Waals surface area contributed by atoms with E-state index in [9.17, 15) is 9.18 Å². The van der Waals surface area contributed by atoms with Crippen molar-refractivity contribution in [2.75, 3.05) is 0 Å². The van der Waals surface area contributed by atoms with Crippen LogP contribution in [0.15, 0.2) is 78.0 Å². The van der Waals surface area contributed by atoms with Gasteiger partial charge in [0.05, 0.1) is 16.8 Å². The zero-order valence-electron chi connectivity index (χ0n) is 15.6. The number of hydrogen-bond acceptors (Lipinski definition) is 2. The van der Waals surface area contributed by atoms with Gasteiger partial charge in [-0.25, -0.2) is 9.82 Å². The second-order valence-corrected chi connectivity index (χ2v) is 7.52. The highest BCUT2D eigenvalue weighted by atomic mass is 35.5. The number of benzene rings is 3. The number of hydrogen-bond donors (Lipinski definition) is 1. The van der Waals surface area contributed by atoms with Gasteiger partial charge in [0, 0.05) is 34.2 Å². The minimum absolute atomic E-state index is 0.256. The molecule has 30 heavy (non-hydrogen) atoms. The Bertz CT molecular complexity index is 1250. The van der Waals surface area contributed by atoms with Crippen molar-refractivity contribution < 1.29 is 9.18 Å². The minimum atomic E-state index is -0.428. The molecule has 0 saturated heterocycles. The molecule has 0 aliphatic carbocycles. The maximum absolute atomic E-state index is 13.2. The maximum atomic E-state index is 13.2. The number of nitrogens with one attached hydrogen (secondary N) is 1. The summed E-state index contributed by atoms with van der Waals surface area (Å²) in [6.45, 7) is 0.585. The number of halogens is 3. The number of para-hydroxylation sites is 1. The van der Waals surface area contributed by atoms with Crippen molar-refractivity contribution in [3.05, 3.63) is 105 Å². The van der Waals surface area contributed by atoms with Gasteiger partial charge in [0.25, 0.3) is 5.91 Å². The standard InChI is InChI=1S/C23H16Cl2FN3O/c24-17-7-10-20(21(25)11-17)23(30)28-27-12-16-14-29(22-4-2-1-3-19(16)22)13-15-5-8-18(26)9-6-15/h1-12,14H,13H2,(H,28,30)/b27-12+. The van der Waals surface area contributed by atoms with Gasteiger partial charge in [-0.05, 0) is 42.0 Å². The highest BCUT2D eigenvalue weighted by Gasteiger charge is 2.11. The van der Waals surface area contributed by atoms with Crippen LogP contribution < -0.4 is 5.43 Å². The second-order valence-electron chi connectivity index (χ2n) is 6.68. The molecule has 1 heterocycles. The smallest absolute Gasteiger partial charge is 0.272 e. The molecule has 0 fully saturated rings. The van der Waals surface area contributed by atoms with Crippen molar-refractivity contribution in [2.24, 2.45) is 5.10 Å². The lowest BCUT2D eigenvalue weighted by atomic mass is 10.2. The van der Waals surface area contributed by atoms with Crippen LogP contribution in [0.2, 0.25) is 10.0 Å². The van der Waals surface area contributed by atoms with Gasteiger partial charge in [-0.1, -0.05) is 53.5 Å². The molecule has 0 spiro atoms. The molecule has 1 amide bonds. The van der Waals surface area contributed by atoms with Gasteiger partial charge in [-0.15, -0.1) is 0 Å². The van der Waals surface area contributed by atoms with Gasteiger partial charge in [-0.3, -0.25) is 4.79 Å². The third-order valence-corrected chi connectivity index (χ3v) is 5.18. The van der Waals surface area contributed by atoms with Crippen LogP contribution in [0.25, 0.3) is 10.9 Å². The van der Waals surface area contributed by atoms with E-state index >= 15 is 0 Å². The van der Waals surface area contributed by atoms with Gasteiger partial charge in [-0.2, -0.15) is 5.10 Å². The predicted molar refractivity (Wildman–Crippen MR) is 119 cm³/mol. The summed E-state index contributed by atoms with van der Waals surface area (Å²) in [5.41, 5.74) is 5.61. The minimum Gasteiger partial charge on any atom is -0.342 e. The third kappa shape index (κ3) is 4.37. The number of hydrazone groups is 1. The molecule has 0 aliphatic rings. The molecule has 0 unspecified atom stereocenters. The van der Waals surface area contributed by atoms with E-state index in [4.69, 9.17) is 23.2 Å². The van der Waals surface area contributed by atoms with E-state index in [0.29, 0.717) is 11.6 Å². The molecule has 1 aromatic heterocycles. The average Bonchev–Trinajstić information content (AvgIpc) is 3.07. The first-order valence-electron chi connectivity index (χ1n) is 9.12. The van der Waals surface area contributed by atoms with E-state index in [0.717, 1.165) is 22.0 Å². The van der Waals surface area contributed by atoms with E-state index in [1.807, 2.05) is 30.5 Å². The van der Waals surface area contributed by atoms with Crippen molar-refractivity contribution in [2.45, 2.75) is 6.54 Å². The molecule has 3 aromatic carbocycles. The Balaban J connectivity index is 1.56. The molecule has 150 valence electrons. The van der Waals surface area contributed by atoms with Crippen LogP contribution in [0.4, 0.5) is 4.39 Å². The van der Waals surface area contributed by atoms with Crippen molar-refractivity contribution in [1.82, 2.24) is 9.99 Å². The maximum Gasteiger partial charge on any atom is 0.272 e. The van der Waals surface area contributed by atoms with Crippen LogP contribution in [-0.4, -0.2) is 16.7 Å². The Labute approximate surface area is 182 Å². The molecule has 4 nitrogen and oxygen atoms in total. The van der Waals surface area contributed by atoms with Crippen LogP contribution in [0.1, 0.15) is 21.5 Å². The molecular weight excluding hydrogens is 424 g/mol. The molecular formula is C23H16Cl2FN3O. The molecule has 0 saturated carbocycles.